The van der Waals surface area contributed by atoms with Crippen molar-refractivity contribution in [2.24, 2.45) is 5.73 Å². The Labute approximate surface area is 213 Å². The molecule has 0 aliphatic rings. The van der Waals surface area contributed by atoms with E-state index in [0.29, 0.717) is 47.0 Å². The van der Waals surface area contributed by atoms with Gasteiger partial charge in [0.2, 0.25) is 0 Å². The van der Waals surface area contributed by atoms with E-state index in [1.165, 1.54) is 10.9 Å². The first kappa shape index (κ1) is 23.5. The van der Waals surface area contributed by atoms with Crippen molar-refractivity contribution in [2.45, 2.75) is 19.7 Å². The molecule has 5 rings (SSSR count). The van der Waals surface area contributed by atoms with Gasteiger partial charge in [-0.3, -0.25) is 9.36 Å². The van der Waals surface area contributed by atoms with E-state index >= 15 is 0 Å². The molecule has 0 aliphatic carbocycles. The third-order valence-corrected chi connectivity index (χ3v) is 6.15. The van der Waals surface area contributed by atoms with Crippen LogP contribution < -0.4 is 15.8 Å². The predicted molar refractivity (Wildman–Crippen MR) is 141 cm³/mol. The lowest BCUT2D eigenvalue weighted by molar-refractivity contribution is 0.0960. The highest BCUT2D eigenvalue weighted by molar-refractivity contribution is 6.35. The van der Waals surface area contributed by atoms with Crippen LogP contribution in [0.1, 0.15) is 27.0 Å². The average molecular weight is 498 g/mol. The molecule has 0 unspecified atom stereocenters. The number of ether oxygens (including phenoxy) is 1. The number of hydrogen-bond donors (Lipinski definition) is 2. The molecular weight excluding hydrogens is 474 g/mol. The normalized spacial score (nSPS) is 10.9. The maximum Gasteiger partial charge on any atom is 0.263 e. The first-order valence-electron chi connectivity index (χ1n) is 11.5. The van der Waals surface area contributed by atoms with Gasteiger partial charge >= 0.3 is 0 Å². The molecule has 3 aromatic carbocycles. The highest BCUT2D eigenvalue weighted by atomic mass is 35.5. The molecule has 0 saturated carbocycles. The summed E-state index contributed by atoms with van der Waals surface area (Å²) in [4.78, 5) is 21.6. The zero-order valence-electron chi connectivity index (χ0n) is 19.4. The Hall–Kier alpha value is -4.20. The van der Waals surface area contributed by atoms with Crippen LogP contribution in [0.3, 0.4) is 0 Å². The van der Waals surface area contributed by atoms with E-state index in [1.807, 2.05) is 48.5 Å². The molecule has 5 aromatic rings. The molecule has 180 valence electrons. The number of fused-ring (bicyclic) bond motifs is 1. The van der Waals surface area contributed by atoms with Crippen molar-refractivity contribution >= 4 is 34.2 Å². The summed E-state index contributed by atoms with van der Waals surface area (Å²) < 4.78 is 7.60. The van der Waals surface area contributed by atoms with Crippen LogP contribution in [0.15, 0.2) is 91.5 Å². The lowest BCUT2D eigenvalue weighted by Gasteiger charge is -2.15. The molecule has 7 nitrogen and oxygen atoms in total. The first-order chi connectivity index (χ1) is 17.6. The van der Waals surface area contributed by atoms with Crippen LogP contribution in [0, 0.1) is 0 Å². The van der Waals surface area contributed by atoms with E-state index in [4.69, 9.17) is 22.1 Å². The number of carbonyl (C=O) groups excluding carboxylic acids is 1. The average Bonchev–Trinajstić information content (AvgIpc) is 3.46. The molecule has 0 spiro atoms. The van der Waals surface area contributed by atoms with Crippen LogP contribution in [0.5, 0.6) is 5.75 Å². The summed E-state index contributed by atoms with van der Waals surface area (Å²) in [5, 5.41) is 4.42. The number of nitrogens with one attached hydrogen (secondary N) is 1. The molecule has 0 atom stereocenters. The van der Waals surface area contributed by atoms with Crippen LogP contribution in [-0.4, -0.2) is 20.4 Å². The van der Waals surface area contributed by atoms with Gasteiger partial charge in [-0.15, -0.1) is 0 Å². The van der Waals surface area contributed by atoms with Crippen LogP contribution >= 0.6 is 11.6 Å². The number of halogens is 1. The van der Waals surface area contributed by atoms with Crippen LogP contribution in [-0.2, 0) is 19.7 Å². The smallest absolute Gasteiger partial charge is 0.263 e. The van der Waals surface area contributed by atoms with Crippen molar-refractivity contribution in [2.75, 3.05) is 5.32 Å². The Morgan fingerprint density at radius 3 is 2.56 bits per heavy atom. The van der Waals surface area contributed by atoms with Crippen molar-refractivity contribution in [3.63, 3.8) is 0 Å². The Morgan fingerprint density at radius 1 is 0.972 bits per heavy atom. The van der Waals surface area contributed by atoms with Crippen LogP contribution in [0.2, 0.25) is 5.02 Å². The maximum absolute atomic E-state index is 12.8. The lowest BCUT2D eigenvalue weighted by atomic mass is 10.1. The lowest BCUT2D eigenvalue weighted by Crippen LogP contribution is -2.11. The van der Waals surface area contributed by atoms with Gasteiger partial charge in [0, 0.05) is 36.4 Å². The van der Waals surface area contributed by atoms with E-state index in [-0.39, 0.29) is 5.91 Å². The van der Waals surface area contributed by atoms with Gasteiger partial charge in [0.1, 0.15) is 24.5 Å². The fourth-order valence-corrected chi connectivity index (χ4v) is 4.19. The molecule has 8 heteroatoms. The summed E-state index contributed by atoms with van der Waals surface area (Å²) in [6.07, 6.45) is 4.83. The van der Waals surface area contributed by atoms with Gasteiger partial charge in [-0.05, 0) is 47.5 Å². The number of nitrogens with zero attached hydrogens (tertiary/aromatic N) is 3. The van der Waals surface area contributed by atoms with Crippen molar-refractivity contribution in [3.8, 4) is 5.75 Å². The Kier molecular flexibility index (Phi) is 6.93. The second kappa shape index (κ2) is 10.6. The second-order valence-corrected chi connectivity index (χ2v) is 8.65. The Bertz CT molecular complexity index is 1500. The summed E-state index contributed by atoms with van der Waals surface area (Å²) in [7, 11) is 0. The minimum Gasteiger partial charge on any atom is -0.489 e. The minimum atomic E-state index is -0.223. The topological polar surface area (TPSA) is 95.1 Å². The fourth-order valence-electron chi connectivity index (χ4n) is 3.94. The standard InChI is InChI=1S/C28H24ClN5O2/c29-24-13-23-25(14-22(24)28(35)34-10-4-5-11-34)32-18-33-27(23)31-16-21-12-20(15-30)8-9-26(21)36-17-19-6-2-1-3-7-19/h1-14,18H,15-17,30H2,(H,31,32,33). The van der Waals surface area contributed by atoms with E-state index in [9.17, 15) is 4.79 Å². The first-order valence-corrected chi connectivity index (χ1v) is 11.8. The Balaban J connectivity index is 1.40. The molecule has 2 aromatic heterocycles. The van der Waals surface area contributed by atoms with E-state index in [1.54, 1.807) is 36.7 Å². The number of anilines is 1. The van der Waals surface area contributed by atoms with Crippen LogP contribution in [0.4, 0.5) is 5.82 Å². The zero-order chi connectivity index (χ0) is 24.9. The molecule has 0 saturated heterocycles. The fraction of sp³-hybridized carbons (Fsp3) is 0.107. The van der Waals surface area contributed by atoms with Crippen molar-refractivity contribution in [1.82, 2.24) is 14.5 Å². The third kappa shape index (κ3) is 5.07. The summed E-state index contributed by atoms with van der Waals surface area (Å²) in [5.41, 5.74) is 9.90. The van der Waals surface area contributed by atoms with Gasteiger partial charge in [-0.1, -0.05) is 48.0 Å². The van der Waals surface area contributed by atoms with E-state index < -0.39 is 0 Å². The van der Waals surface area contributed by atoms with Crippen molar-refractivity contribution < 1.29 is 9.53 Å². The molecule has 0 radical (unpaired) electrons. The molecule has 3 N–H and O–H groups in total. The molecule has 0 aliphatic heterocycles. The highest BCUT2D eigenvalue weighted by Gasteiger charge is 2.16. The number of hydrogen-bond acceptors (Lipinski definition) is 6. The number of nitrogens with two attached hydrogens (primary N) is 1. The number of benzene rings is 3. The molecular formula is C28H24ClN5O2. The predicted octanol–water partition coefficient (Wildman–Crippen LogP) is 5.42. The molecule has 0 bridgehead atoms. The van der Waals surface area contributed by atoms with Gasteiger partial charge in [-0.25, -0.2) is 9.97 Å². The van der Waals surface area contributed by atoms with E-state index in [2.05, 4.69) is 15.3 Å². The van der Waals surface area contributed by atoms with Gasteiger partial charge in [-0.2, -0.15) is 0 Å². The summed E-state index contributed by atoms with van der Waals surface area (Å²) in [6.45, 7) is 1.34. The minimum absolute atomic E-state index is 0.223. The number of aromatic nitrogens is 3. The largest absolute Gasteiger partial charge is 0.489 e. The monoisotopic (exact) mass is 497 g/mol. The number of rotatable bonds is 8. The van der Waals surface area contributed by atoms with Gasteiger partial charge in [0.25, 0.3) is 5.91 Å². The highest BCUT2D eigenvalue weighted by Crippen LogP contribution is 2.29. The summed E-state index contributed by atoms with van der Waals surface area (Å²) in [6, 6.07) is 22.9. The Morgan fingerprint density at radius 2 is 1.78 bits per heavy atom. The quantitative estimate of drug-likeness (QED) is 0.297. The zero-order valence-corrected chi connectivity index (χ0v) is 20.2. The van der Waals surface area contributed by atoms with Gasteiger partial charge < -0.3 is 15.8 Å². The van der Waals surface area contributed by atoms with Crippen molar-refractivity contribution in [3.05, 3.63) is 119 Å². The molecule has 36 heavy (non-hydrogen) atoms. The summed E-state index contributed by atoms with van der Waals surface area (Å²) >= 11 is 6.52. The third-order valence-electron chi connectivity index (χ3n) is 5.84. The molecule has 0 fully saturated rings. The van der Waals surface area contributed by atoms with Gasteiger partial charge in [0.15, 0.2) is 0 Å². The van der Waals surface area contributed by atoms with Gasteiger partial charge in [0.05, 0.1) is 16.1 Å². The van der Waals surface area contributed by atoms with Crippen molar-refractivity contribution in [1.29, 1.82) is 0 Å². The maximum atomic E-state index is 12.8. The molecule has 0 amide bonds. The second-order valence-electron chi connectivity index (χ2n) is 8.24. The summed E-state index contributed by atoms with van der Waals surface area (Å²) in [5.74, 6) is 1.15. The number of carbonyl (C=O) groups is 1. The van der Waals surface area contributed by atoms with E-state index in [0.717, 1.165) is 22.4 Å². The molecule has 2 heterocycles. The SMILES string of the molecule is NCc1ccc(OCc2ccccc2)c(CNc2ncnc3cc(C(=O)n4cccc4)c(Cl)cc23)c1. The van der Waals surface area contributed by atoms with Crippen LogP contribution in [0.25, 0.3) is 10.9 Å².